The van der Waals surface area contributed by atoms with Gasteiger partial charge in [0.2, 0.25) is 0 Å². The highest BCUT2D eigenvalue weighted by molar-refractivity contribution is 7.80. The first-order valence-corrected chi connectivity index (χ1v) is 9.39. The lowest BCUT2D eigenvalue weighted by molar-refractivity contribution is 0.246. The van der Waals surface area contributed by atoms with Crippen molar-refractivity contribution in [2.24, 2.45) is 0 Å². The molecule has 0 radical (unpaired) electrons. The molecule has 1 heterocycles. The normalized spacial score (nSPS) is 21.5. The Hall–Kier alpha value is -1.58. The van der Waals surface area contributed by atoms with Gasteiger partial charge in [0.1, 0.15) is 0 Å². The van der Waals surface area contributed by atoms with Crippen LogP contribution in [0.3, 0.4) is 0 Å². The van der Waals surface area contributed by atoms with Gasteiger partial charge in [0.25, 0.3) is 0 Å². The third-order valence-corrected chi connectivity index (χ3v) is 5.96. The van der Waals surface area contributed by atoms with Crippen LogP contribution in [0, 0.1) is 0 Å². The van der Waals surface area contributed by atoms with Gasteiger partial charge in [-0.05, 0) is 60.2 Å². The highest BCUT2D eigenvalue weighted by atomic mass is 35.5. The number of halogens is 1. The Morgan fingerprint density at radius 3 is 2.83 bits per heavy atom. The third-order valence-electron chi connectivity index (χ3n) is 5.26. The molecule has 24 heavy (non-hydrogen) atoms. The van der Waals surface area contributed by atoms with Gasteiger partial charge in [0, 0.05) is 18.1 Å². The molecular formula is C20H21ClN2S. The summed E-state index contributed by atoms with van der Waals surface area (Å²) in [7, 11) is 0. The van der Waals surface area contributed by atoms with Gasteiger partial charge in [-0.25, -0.2) is 0 Å². The maximum Gasteiger partial charge on any atom is 0.169 e. The molecule has 1 fully saturated rings. The van der Waals surface area contributed by atoms with Crippen LogP contribution in [0.4, 0.5) is 0 Å². The highest BCUT2D eigenvalue weighted by Crippen LogP contribution is 2.51. The Balaban J connectivity index is 1.43. The lowest BCUT2D eigenvalue weighted by atomic mass is 9.96. The first-order chi connectivity index (χ1) is 11.7. The van der Waals surface area contributed by atoms with Crippen molar-refractivity contribution in [2.45, 2.75) is 31.2 Å². The number of rotatable bonds is 3. The molecule has 1 aliphatic carbocycles. The second-order valence-electron chi connectivity index (χ2n) is 6.64. The van der Waals surface area contributed by atoms with Gasteiger partial charge in [0.15, 0.2) is 5.11 Å². The zero-order valence-corrected chi connectivity index (χ0v) is 15.1. The second kappa shape index (κ2) is 6.73. The van der Waals surface area contributed by atoms with E-state index >= 15 is 0 Å². The third kappa shape index (κ3) is 2.91. The molecule has 2 bridgehead atoms. The summed E-state index contributed by atoms with van der Waals surface area (Å²) in [6, 6.07) is 17.2. The SMILES string of the molecule is S=C(NCCc1ccccc1)N1CCC2CC1c1c(Cl)cccc12. The van der Waals surface area contributed by atoms with Crippen molar-refractivity contribution in [3.05, 3.63) is 70.2 Å². The molecule has 2 nitrogen and oxygen atoms in total. The number of benzene rings is 2. The number of piperidine rings is 1. The number of thiocarbonyl (C=S) groups is 1. The summed E-state index contributed by atoms with van der Waals surface area (Å²) in [5.41, 5.74) is 4.07. The van der Waals surface area contributed by atoms with E-state index in [0.717, 1.165) is 42.5 Å². The van der Waals surface area contributed by atoms with E-state index in [1.165, 1.54) is 16.7 Å². The monoisotopic (exact) mass is 356 g/mol. The maximum absolute atomic E-state index is 6.50. The average Bonchev–Trinajstić information content (AvgIpc) is 2.90. The van der Waals surface area contributed by atoms with Crippen molar-refractivity contribution < 1.29 is 0 Å². The molecule has 2 aromatic carbocycles. The fourth-order valence-electron chi connectivity index (χ4n) is 4.09. The van der Waals surface area contributed by atoms with Gasteiger partial charge in [-0.1, -0.05) is 54.1 Å². The zero-order chi connectivity index (χ0) is 16.5. The summed E-state index contributed by atoms with van der Waals surface area (Å²) < 4.78 is 0. The quantitative estimate of drug-likeness (QED) is 0.803. The van der Waals surface area contributed by atoms with Crippen molar-refractivity contribution in [2.75, 3.05) is 13.1 Å². The molecule has 0 spiro atoms. The van der Waals surface area contributed by atoms with Crippen LogP contribution in [-0.4, -0.2) is 23.1 Å². The molecule has 2 aliphatic rings. The Kier molecular flexibility index (Phi) is 4.47. The van der Waals surface area contributed by atoms with E-state index in [9.17, 15) is 0 Å². The van der Waals surface area contributed by atoms with Gasteiger partial charge in [-0.2, -0.15) is 0 Å². The summed E-state index contributed by atoms with van der Waals surface area (Å²) in [5, 5.41) is 5.20. The van der Waals surface area contributed by atoms with Crippen molar-refractivity contribution in [3.8, 4) is 0 Å². The molecule has 2 atom stereocenters. The van der Waals surface area contributed by atoms with Crippen LogP contribution >= 0.6 is 23.8 Å². The molecule has 0 saturated carbocycles. The molecule has 1 saturated heterocycles. The molecule has 4 rings (SSSR count). The van der Waals surface area contributed by atoms with E-state index in [2.05, 4.69) is 46.6 Å². The lowest BCUT2D eigenvalue weighted by Gasteiger charge is -2.36. The molecule has 0 aromatic heterocycles. The molecule has 4 heteroatoms. The number of hydrogen-bond acceptors (Lipinski definition) is 1. The Morgan fingerprint density at radius 1 is 1.17 bits per heavy atom. The van der Waals surface area contributed by atoms with E-state index in [0.29, 0.717) is 12.0 Å². The second-order valence-corrected chi connectivity index (χ2v) is 7.43. The smallest absolute Gasteiger partial charge is 0.169 e. The summed E-state index contributed by atoms with van der Waals surface area (Å²) in [6.07, 6.45) is 3.28. The summed E-state index contributed by atoms with van der Waals surface area (Å²) in [6.45, 7) is 1.88. The molecule has 124 valence electrons. The molecule has 1 aliphatic heterocycles. The first-order valence-electron chi connectivity index (χ1n) is 8.61. The predicted octanol–water partition coefficient (Wildman–Crippen LogP) is 4.69. The number of likely N-dealkylation sites (tertiary alicyclic amines) is 1. The fraction of sp³-hybridized carbons (Fsp3) is 0.350. The van der Waals surface area contributed by atoms with Crippen molar-refractivity contribution >= 4 is 28.9 Å². The minimum absolute atomic E-state index is 0.337. The van der Waals surface area contributed by atoms with Crippen molar-refractivity contribution in [3.63, 3.8) is 0 Å². The van der Waals surface area contributed by atoms with Crippen LogP contribution in [-0.2, 0) is 6.42 Å². The van der Waals surface area contributed by atoms with E-state index in [4.69, 9.17) is 23.8 Å². The minimum Gasteiger partial charge on any atom is -0.362 e. The van der Waals surface area contributed by atoms with Crippen LogP contribution in [0.15, 0.2) is 48.5 Å². The van der Waals surface area contributed by atoms with Crippen LogP contribution < -0.4 is 5.32 Å². The van der Waals surface area contributed by atoms with Gasteiger partial charge in [-0.3, -0.25) is 0 Å². The molecular weight excluding hydrogens is 336 g/mol. The zero-order valence-electron chi connectivity index (χ0n) is 13.5. The topological polar surface area (TPSA) is 15.3 Å². The lowest BCUT2D eigenvalue weighted by Crippen LogP contribution is -2.44. The fourth-order valence-corrected chi connectivity index (χ4v) is 4.71. The van der Waals surface area contributed by atoms with Crippen LogP contribution in [0.1, 0.15) is 41.5 Å². The molecule has 2 unspecified atom stereocenters. The Morgan fingerprint density at radius 2 is 2.00 bits per heavy atom. The highest BCUT2D eigenvalue weighted by Gasteiger charge is 2.40. The number of nitrogens with one attached hydrogen (secondary N) is 1. The van der Waals surface area contributed by atoms with Crippen LogP contribution in [0.2, 0.25) is 5.02 Å². The summed E-state index contributed by atoms with van der Waals surface area (Å²) in [4.78, 5) is 2.34. The molecule has 1 N–H and O–H groups in total. The number of fused-ring (bicyclic) bond motifs is 5. The van der Waals surface area contributed by atoms with E-state index < -0.39 is 0 Å². The summed E-state index contributed by atoms with van der Waals surface area (Å²) in [5.74, 6) is 0.645. The van der Waals surface area contributed by atoms with Gasteiger partial charge in [0.05, 0.1) is 6.04 Å². The van der Waals surface area contributed by atoms with Crippen LogP contribution in [0.5, 0.6) is 0 Å². The Bertz CT molecular complexity index is 747. The predicted molar refractivity (Wildman–Crippen MR) is 104 cm³/mol. The average molecular weight is 357 g/mol. The maximum atomic E-state index is 6.50. The van der Waals surface area contributed by atoms with E-state index in [-0.39, 0.29) is 0 Å². The van der Waals surface area contributed by atoms with E-state index in [1.54, 1.807) is 0 Å². The first kappa shape index (κ1) is 15.9. The largest absolute Gasteiger partial charge is 0.362 e. The van der Waals surface area contributed by atoms with Crippen LogP contribution in [0.25, 0.3) is 0 Å². The molecule has 2 aromatic rings. The number of nitrogens with zero attached hydrogens (tertiary/aromatic N) is 1. The van der Waals surface area contributed by atoms with Crippen molar-refractivity contribution in [1.82, 2.24) is 10.2 Å². The van der Waals surface area contributed by atoms with Gasteiger partial charge >= 0.3 is 0 Å². The molecule has 0 amide bonds. The van der Waals surface area contributed by atoms with Gasteiger partial charge < -0.3 is 10.2 Å². The van der Waals surface area contributed by atoms with E-state index in [1.807, 2.05) is 12.1 Å². The number of hydrogen-bond donors (Lipinski definition) is 1. The van der Waals surface area contributed by atoms with Gasteiger partial charge in [-0.15, -0.1) is 0 Å². The van der Waals surface area contributed by atoms with Crippen molar-refractivity contribution in [1.29, 1.82) is 0 Å². The minimum atomic E-state index is 0.337. The Labute approximate surface area is 153 Å². The summed E-state index contributed by atoms with van der Waals surface area (Å²) >= 11 is 12.2. The standard InChI is InChI=1S/C20H21ClN2S/c21-17-8-4-7-16-15-10-12-23(18(13-15)19(16)17)20(24)22-11-9-14-5-2-1-3-6-14/h1-8,15,18H,9-13H2,(H,22,24).